The van der Waals surface area contributed by atoms with E-state index in [0.717, 1.165) is 29.9 Å². The Kier molecular flexibility index (Phi) is 5.75. The van der Waals surface area contributed by atoms with E-state index in [1.807, 2.05) is 19.1 Å². The normalized spacial score (nSPS) is 19.4. The lowest BCUT2D eigenvalue weighted by molar-refractivity contribution is 0.175. The van der Waals surface area contributed by atoms with E-state index in [1.165, 1.54) is 44.9 Å². The van der Waals surface area contributed by atoms with Crippen LogP contribution >= 0.6 is 0 Å². The molecule has 0 aliphatic heterocycles. The predicted molar refractivity (Wildman–Crippen MR) is 93.4 cm³/mol. The van der Waals surface area contributed by atoms with Crippen molar-refractivity contribution in [3.05, 3.63) is 41.2 Å². The Morgan fingerprint density at radius 2 is 1.91 bits per heavy atom. The van der Waals surface area contributed by atoms with Crippen LogP contribution in [0.2, 0.25) is 0 Å². The SMILES string of the molecule is Cc1c(CC/C=C/C2CCCC2)ccc(OCC2CCC2)c1F. The zero-order valence-corrected chi connectivity index (χ0v) is 14.3. The smallest absolute Gasteiger partial charge is 0.168 e. The Bertz CT molecular complexity index is 539. The number of hydrogen-bond acceptors (Lipinski definition) is 1. The van der Waals surface area contributed by atoms with Crippen LogP contribution in [0.25, 0.3) is 0 Å². The third kappa shape index (κ3) is 4.37. The highest BCUT2D eigenvalue weighted by atomic mass is 19.1. The molecule has 3 rings (SSSR count). The molecule has 2 aliphatic rings. The molecule has 0 bridgehead atoms. The molecule has 1 aromatic carbocycles. The van der Waals surface area contributed by atoms with Crippen molar-refractivity contribution in [2.75, 3.05) is 6.61 Å². The van der Waals surface area contributed by atoms with Gasteiger partial charge in [0.05, 0.1) is 6.61 Å². The van der Waals surface area contributed by atoms with Gasteiger partial charge < -0.3 is 4.74 Å². The maximum atomic E-state index is 14.4. The summed E-state index contributed by atoms with van der Waals surface area (Å²) in [6, 6.07) is 3.86. The zero-order valence-electron chi connectivity index (χ0n) is 14.3. The summed E-state index contributed by atoms with van der Waals surface area (Å²) in [4.78, 5) is 0. The first-order valence-electron chi connectivity index (χ1n) is 9.31. The van der Waals surface area contributed by atoms with Crippen molar-refractivity contribution in [3.63, 3.8) is 0 Å². The molecule has 0 aromatic heterocycles. The van der Waals surface area contributed by atoms with Gasteiger partial charge in [-0.05, 0) is 74.5 Å². The summed E-state index contributed by atoms with van der Waals surface area (Å²) >= 11 is 0. The number of hydrogen-bond donors (Lipinski definition) is 0. The fourth-order valence-corrected chi connectivity index (χ4v) is 3.63. The molecule has 2 fully saturated rings. The first kappa shape index (κ1) is 16.5. The lowest BCUT2D eigenvalue weighted by Gasteiger charge is -2.25. The van der Waals surface area contributed by atoms with Crippen LogP contribution in [-0.2, 0) is 6.42 Å². The third-order valence-corrected chi connectivity index (χ3v) is 5.55. The predicted octanol–water partition coefficient (Wildman–Crippen LogP) is 5.99. The number of benzene rings is 1. The molecule has 0 N–H and O–H groups in total. The second-order valence-corrected chi connectivity index (χ2v) is 7.28. The fourth-order valence-electron chi connectivity index (χ4n) is 3.63. The second kappa shape index (κ2) is 7.99. The highest BCUT2D eigenvalue weighted by Crippen LogP contribution is 2.30. The Hall–Kier alpha value is -1.31. The number of rotatable bonds is 7. The van der Waals surface area contributed by atoms with E-state index in [9.17, 15) is 4.39 Å². The highest BCUT2D eigenvalue weighted by molar-refractivity contribution is 5.37. The molecular weight excluding hydrogens is 287 g/mol. The maximum Gasteiger partial charge on any atom is 0.168 e. The molecule has 0 radical (unpaired) electrons. The van der Waals surface area contributed by atoms with Gasteiger partial charge in [-0.25, -0.2) is 4.39 Å². The number of ether oxygens (including phenoxy) is 1. The van der Waals surface area contributed by atoms with Crippen LogP contribution in [0.3, 0.4) is 0 Å². The van der Waals surface area contributed by atoms with E-state index in [4.69, 9.17) is 4.74 Å². The third-order valence-electron chi connectivity index (χ3n) is 5.55. The van der Waals surface area contributed by atoms with Crippen LogP contribution in [0.1, 0.15) is 62.5 Å². The van der Waals surface area contributed by atoms with Gasteiger partial charge in [0.15, 0.2) is 11.6 Å². The average Bonchev–Trinajstić information content (AvgIpc) is 3.01. The van der Waals surface area contributed by atoms with Crippen molar-refractivity contribution >= 4 is 0 Å². The monoisotopic (exact) mass is 316 g/mol. The van der Waals surface area contributed by atoms with E-state index in [0.29, 0.717) is 18.3 Å². The van der Waals surface area contributed by atoms with Crippen LogP contribution in [-0.4, -0.2) is 6.61 Å². The summed E-state index contributed by atoms with van der Waals surface area (Å²) in [6.45, 7) is 2.54. The number of halogens is 1. The van der Waals surface area contributed by atoms with Gasteiger partial charge in [-0.3, -0.25) is 0 Å². The van der Waals surface area contributed by atoms with Gasteiger partial charge in [-0.2, -0.15) is 0 Å². The van der Waals surface area contributed by atoms with Gasteiger partial charge in [0.25, 0.3) is 0 Å². The van der Waals surface area contributed by atoms with E-state index < -0.39 is 0 Å². The van der Waals surface area contributed by atoms with Crippen molar-refractivity contribution in [2.24, 2.45) is 11.8 Å². The summed E-state index contributed by atoms with van der Waals surface area (Å²) < 4.78 is 20.1. The molecule has 126 valence electrons. The summed E-state index contributed by atoms with van der Waals surface area (Å²) in [6.07, 6.45) is 15.8. The van der Waals surface area contributed by atoms with Crippen LogP contribution in [0.4, 0.5) is 4.39 Å². The van der Waals surface area contributed by atoms with E-state index in [-0.39, 0.29) is 5.82 Å². The lowest BCUT2D eigenvalue weighted by atomic mass is 9.86. The molecule has 0 unspecified atom stereocenters. The van der Waals surface area contributed by atoms with Gasteiger partial charge >= 0.3 is 0 Å². The quantitative estimate of drug-likeness (QED) is 0.561. The van der Waals surface area contributed by atoms with Gasteiger partial charge in [0, 0.05) is 0 Å². The van der Waals surface area contributed by atoms with Crippen LogP contribution in [0.15, 0.2) is 24.3 Å². The number of aryl methyl sites for hydroxylation is 1. The lowest BCUT2D eigenvalue weighted by Crippen LogP contribution is -2.19. The van der Waals surface area contributed by atoms with E-state index in [1.54, 1.807) is 0 Å². The Balaban J connectivity index is 1.51. The minimum absolute atomic E-state index is 0.165. The molecule has 0 spiro atoms. The van der Waals surface area contributed by atoms with Crippen molar-refractivity contribution < 1.29 is 9.13 Å². The van der Waals surface area contributed by atoms with Crippen LogP contribution in [0, 0.1) is 24.6 Å². The minimum atomic E-state index is -0.165. The molecule has 2 saturated carbocycles. The highest BCUT2D eigenvalue weighted by Gasteiger charge is 2.19. The van der Waals surface area contributed by atoms with Crippen LogP contribution in [0.5, 0.6) is 5.75 Å². The molecule has 2 heteroatoms. The zero-order chi connectivity index (χ0) is 16.1. The van der Waals surface area contributed by atoms with Gasteiger partial charge in [0.2, 0.25) is 0 Å². The first-order chi connectivity index (χ1) is 11.2. The first-order valence-corrected chi connectivity index (χ1v) is 9.31. The molecule has 0 atom stereocenters. The Labute approximate surface area is 139 Å². The van der Waals surface area contributed by atoms with Gasteiger partial charge in [-0.1, -0.05) is 37.5 Å². The average molecular weight is 316 g/mol. The van der Waals surface area contributed by atoms with E-state index >= 15 is 0 Å². The van der Waals surface area contributed by atoms with Gasteiger partial charge in [-0.15, -0.1) is 0 Å². The maximum absolute atomic E-state index is 14.4. The van der Waals surface area contributed by atoms with Crippen molar-refractivity contribution in [2.45, 2.75) is 64.7 Å². The fraction of sp³-hybridized carbons (Fsp3) is 0.619. The summed E-state index contributed by atoms with van der Waals surface area (Å²) in [5.41, 5.74) is 1.86. The number of allylic oxidation sites excluding steroid dienone is 2. The minimum Gasteiger partial charge on any atom is -0.490 e. The molecule has 0 saturated heterocycles. The summed E-state index contributed by atoms with van der Waals surface area (Å²) in [7, 11) is 0. The standard InChI is InChI=1S/C21H29FO/c1-16-19(12-5-4-9-17-7-2-3-8-17)13-14-20(21(16)22)23-15-18-10-6-11-18/h4,9,13-14,17-18H,2-3,5-8,10-12,15H2,1H3/b9-4+. The Morgan fingerprint density at radius 3 is 2.61 bits per heavy atom. The van der Waals surface area contributed by atoms with Crippen molar-refractivity contribution in [1.29, 1.82) is 0 Å². The molecule has 2 aliphatic carbocycles. The second-order valence-electron chi connectivity index (χ2n) is 7.28. The summed E-state index contributed by atoms with van der Waals surface area (Å²) in [5.74, 6) is 1.69. The molecule has 1 nitrogen and oxygen atoms in total. The largest absolute Gasteiger partial charge is 0.490 e. The molecule has 0 heterocycles. The van der Waals surface area contributed by atoms with Crippen molar-refractivity contribution in [1.82, 2.24) is 0 Å². The van der Waals surface area contributed by atoms with E-state index in [2.05, 4.69) is 12.2 Å². The van der Waals surface area contributed by atoms with Crippen molar-refractivity contribution in [3.8, 4) is 5.75 Å². The molecule has 23 heavy (non-hydrogen) atoms. The topological polar surface area (TPSA) is 9.23 Å². The molecule has 0 amide bonds. The van der Waals surface area contributed by atoms with Gasteiger partial charge in [0.1, 0.15) is 0 Å². The van der Waals surface area contributed by atoms with Crippen LogP contribution < -0.4 is 4.74 Å². The molecular formula is C21H29FO. The molecule has 1 aromatic rings. The Morgan fingerprint density at radius 1 is 1.13 bits per heavy atom. The summed E-state index contributed by atoms with van der Waals surface area (Å²) in [5, 5.41) is 0.